The molecule has 6 aliphatic heterocycles. The number of carbonyl (C=O) groups excluding carboxylic acids is 9. The van der Waals surface area contributed by atoms with E-state index < -0.39 is 89.1 Å². The van der Waals surface area contributed by atoms with Crippen LogP contribution < -0.4 is 44.4 Å². The summed E-state index contributed by atoms with van der Waals surface area (Å²) in [4.78, 5) is 153. The third-order valence-corrected chi connectivity index (χ3v) is 29.2. The van der Waals surface area contributed by atoms with E-state index in [1.807, 2.05) is 145 Å². The summed E-state index contributed by atoms with van der Waals surface area (Å²) in [6, 6.07) is 12.2. The molecular weight excluding hydrogens is 1830 g/mol. The largest absolute Gasteiger partial charge is 0.540 e. The molecule has 9 heterocycles. The molecule has 12 aliphatic rings. The van der Waals surface area contributed by atoms with Crippen LogP contribution in [0.15, 0.2) is 54.6 Å². The summed E-state index contributed by atoms with van der Waals surface area (Å²) >= 11 is 0. The number of hydrogen-bond acceptors (Lipinski definition) is 24. The predicted molar refractivity (Wildman–Crippen MR) is 492 cm³/mol. The Morgan fingerprint density at radius 2 is 0.756 bits per heavy atom. The zero-order valence-electron chi connectivity index (χ0n) is 80.5. The normalized spacial score (nSPS) is 30.2. The molecule has 3 saturated heterocycles. The van der Waals surface area contributed by atoms with E-state index in [0.29, 0.717) is 108 Å². The minimum Gasteiger partial charge on any atom is -0.540 e. The zero-order chi connectivity index (χ0) is 93.2. The van der Waals surface area contributed by atoms with Crippen molar-refractivity contribution in [2.75, 3.05) is 26.2 Å². The van der Waals surface area contributed by atoms with Gasteiger partial charge in [-0.25, -0.2) is 63.1 Å². The van der Waals surface area contributed by atoms with Crippen molar-refractivity contribution in [3.8, 4) is 34.9 Å². The number of amides is 6. The van der Waals surface area contributed by atoms with Gasteiger partial charge in [0.1, 0.15) is 89.1 Å². The van der Waals surface area contributed by atoms with Crippen LogP contribution in [0.5, 0.6) is 34.9 Å². The fraction of sp³-hybridized carbons (Fsp3) is 0.676. The average molecular weight is 1970 g/mol. The Hall–Kier alpha value is -8.54. The number of alkyl carbamates (subject to hydrolysis) is 3. The van der Waals surface area contributed by atoms with Gasteiger partial charge < -0.3 is 87.7 Å². The Kier molecular flexibility index (Phi) is 34.4. The second-order valence-electron chi connectivity index (χ2n) is 42.3. The molecule has 3 N–H and O–H groups in total. The van der Waals surface area contributed by atoms with Gasteiger partial charge in [0, 0.05) is 73.9 Å². The van der Waals surface area contributed by atoms with Crippen molar-refractivity contribution in [1.82, 2.24) is 60.6 Å². The molecule has 6 aliphatic carbocycles. The number of nitrogens with one attached hydrogen (secondary N) is 3. The Morgan fingerprint density at radius 3 is 1.18 bits per heavy atom. The summed E-state index contributed by atoms with van der Waals surface area (Å²) in [5.74, 6) is 3.84. The third kappa shape index (κ3) is 24.8. The van der Waals surface area contributed by atoms with E-state index >= 15 is 0 Å². The van der Waals surface area contributed by atoms with E-state index in [9.17, 15) is 43.2 Å². The fourth-order valence-corrected chi connectivity index (χ4v) is 21.2. The Labute approximate surface area is 829 Å². The first-order valence-corrected chi connectivity index (χ1v) is 49.2. The van der Waals surface area contributed by atoms with Gasteiger partial charge in [-0.2, -0.15) is 0 Å². The van der Waals surface area contributed by atoms with Crippen LogP contribution in [-0.2, 0) is 118 Å². The molecule has 135 heavy (non-hydrogen) atoms. The number of aryl methyl sites for hydroxylation is 3. The van der Waals surface area contributed by atoms with Crippen LogP contribution in [0.25, 0.3) is 33.1 Å². The van der Waals surface area contributed by atoms with E-state index in [0.717, 1.165) is 180 Å². The van der Waals surface area contributed by atoms with Crippen molar-refractivity contribution in [3.05, 3.63) is 71.7 Å². The summed E-state index contributed by atoms with van der Waals surface area (Å²) < 4.78 is 55.2. The molecule has 3 aromatic heterocycles. The van der Waals surface area contributed by atoms with Crippen molar-refractivity contribution in [1.29, 1.82) is 0 Å². The first-order valence-electron chi connectivity index (χ1n) is 49.2. The van der Waals surface area contributed by atoms with Gasteiger partial charge in [-0.1, -0.05) is 153 Å². The van der Waals surface area contributed by atoms with Gasteiger partial charge in [-0.05, 0) is 229 Å². The Balaban J connectivity index is 0.000000170. The maximum absolute atomic E-state index is 14.2. The second-order valence-corrected chi connectivity index (χ2v) is 42.3. The minimum absolute atomic E-state index is 0. The van der Waals surface area contributed by atoms with Crippen LogP contribution in [-0.4, -0.2) is 211 Å². The van der Waals surface area contributed by atoms with E-state index in [1.54, 1.807) is 0 Å². The van der Waals surface area contributed by atoms with Crippen LogP contribution in [0.3, 0.4) is 0 Å². The molecule has 9 fully saturated rings. The number of rotatable bonds is 11. The molecule has 6 amide bonds. The van der Waals surface area contributed by atoms with Crippen molar-refractivity contribution < 1.29 is 141 Å². The van der Waals surface area contributed by atoms with E-state index in [2.05, 4.69) is 34.8 Å². The molecule has 3 radical (unpaired) electrons. The van der Waals surface area contributed by atoms with Crippen LogP contribution >= 0.6 is 0 Å². The maximum atomic E-state index is 14.2. The summed E-state index contributed by atoms with van der Waals surface area (Å²) in [7, 11) is 0. The van der Waals surface area contributed by atoms with Crippen LogP contribution in [0, 0.1) is 63.6 Å². The predicted octanol–water partition coefficient (Wildman–Crippen LogP) is 15.6. The third-order valence-electron chi connectivity index (χ3n) is 29.2. The van der Waals surface area contributed by atoms with Gasteiger partial charge in [0.05, 0.1) is 71.5 Å². The maximum Gasteiger partial charge on any atom is 0.408 e. The molecule has 2 unspecified atom stereocenters. The number of fused-ring (bicyclic) bond motifs is 17. The topological polar surface area (TPSA) is 360 Å². The first kappa shape index (κ1) is 104. The SMILES string of the molecule is CCOc1ccc2nc3c(nc2c1)O[C@H]1CN(C(=O)[C@H](C(C)(C)C)NC(=O)O[C@@H]2CC4CC4[C@H]2CCCCC3)[C@H]([C-]=O)[C@@H]1C.CC[C@@H]1[C@@H]2CN(C(=O)[C@H](C(C)(C)C)NC(=O)O[C@@H]3CCC[C@H]3CCCCCc3nc4ccc(OC5CC5)cc4nc3O2)[C@@H]1[C-]=O.CC[C@@H]1[C@@H]2CN(C(=O)[C@H](C(C)(C)C)NC(=O)O[C@@H]3C[C@H]3CCCCCc3nc4ccc(OC5CC5)cc4nc3O2)[C@@H]1[C-]=O.[V].[V].[V]. The molecule has 6 bridgehead atoms. The first-order chi connectivity index (χ1) is 63.3. The van der Waals surface area contributed by atoms with E-state index in [-0.39, 0.29) is 141 Å². The Morgan fingerprint density at radius 1 is 0.378 bits per heavy atom. The van der Waals surface area contributed by atoms with Crippen molar-refractivity contribution >= 4 is 88.0 Å². The molecule has 729 valence electrons. The van der Waals surface area contributed by atoms with Crippen molar-refractivity contribution in [2.24, 2.45) is 63.6 Å². The quantitative estimate of drug-likeness (QED) is 0.0801. The smallest absolute Gasteiger partial charge is 0.408 e. The number of benzene rings is 3. The number of aromatic nitrogens is 6. The van der Waals surface area contributed by atoms with Crippen LogP contribution in [0.2, 0.25) is 0 Å². The number of ether oxygens (including phenoxy) is 9. The van der Waals surface area contributed by atoms with Crippen LogP contribution in [0.4, 0.5) is 14.4 Å². The number of hydrogen-bond donors (Lipinski definition) is 3. The van der Waals surface area contributed by atoms with Gasteiger partial charge >= 0.3 is 18.3 Å². The van der Waals surface area contributed by atoms with Crippen molar-refractivity contribution in [2.45, 2.75) is 348 Å². The summed E-state index contributed by atoms with van der Waals surface area (Å²) in [6.45, 7) is 25.9. The van der Waals surface area contributed by atoms with Gasteiger partial charge in [0.2, 0.25) is 35.4 Å². The van der Waals surface area contributed by atoms with Gasteiger partial charge in [-0.3, -0.25) is 14.4 Å². The molecule has 6 saturated carbocycles. The number of carbonyl (C=O) groups is 6. The minimum atomic E-state index is -0.892. The van der Waals surface area contributed by atoms with E-state index in [4.69, 9.17) is 72.5 Å². The van der Waals surface area contributed by atoms with Gasteiger partial charge in [0.25, 0.3) is 0 Å². The van der Waals surface area contributed by atoms with Gasteiger partial charge in [0.15, 0.2) is 0 Å². The fourth-order valence-electron chi connectivity index (χ4n) is 21.2. The van der Waals surface area contributed by atoms with Crippen molar-refractivity contribution in [3.63, 3.8) is 0 Å². The Bertz CT molecular complexity index is 5200. The molecule has 3 aromatic carbocycles. The second kappa shape index (κ2) is 44.7. The van der Waals surface area contributed by atoms with E-state index in [1.165, 1.54) is 21.1 Å². The molecule has 20 atom stereocenters. The molecule has 18 rings (SSSR count). The summed E-state index contributed by atoms with van der Waals surface area (Å²) in [5.41, 5.74) is 4.84. The molecular formula is C102H135N12O18V3-3. The summed E-state index contributed by atoms with van der Waals surface area (Å²) in [5, 5.41) is 8.61. The summed E-state index contributed by atoms with van der Waals surface area (Å²) in [6.07, 6.45) is 28.5. The molecule has 30 nitrogen and oxygen atoms in total. The molecule has 33 heteroatoms. The molecule has 6 aromatic rings. The van der Waals surface area contributed by atoms with Gasteiger partial charge in [-0.15, -0.1) is 0 Å². The standard InChI is InChI=1S/C35H47N4O6.C34H45N4O6.C33H43N4O6.3V/c1-5-24-28(20-40)39-19-30(24)44-32-26(36-25-17-16-23(18-27(25)37-32)43-22-14-15-22)12-8-6-7-10-21-11-9-13-29(21)45-34(42)38-31(33(39)41)35(2,3)4;1-6-42-21-12-13-24-26(16-21)36-31-25(35-24)11-9-7-8-10-22-23-14-20(23)15-28(22)44-33(41)37-30(34(3,4)5)32(40)38-17-29(43-31)19(2)27(38)18-39;1-5-22-26(18-38)37-17-28(22)42-30-24(34-23-14-13-21(16-25(23)35-30)41-20-11-12-20)10-8-6-7-9-19-15-27(19)43-32(40)36-29(31(37)39)33(2,3)4;;;/h16-18,21-22,24,28-31H,5-15,19H2,1-4H3,(H,38,42);12-13,16,19-20,22-23,27-30H,6-11,14-15,17H2,1-5H3,(H,37,41);13-14,16,19-20,22,26-29H,5-12,15,17H2,1-4H3,(H,36,40);;;/q3*-1;;;/t21-,24+,28-,29-,30+,31-;19-,20?,22+,23?,27+,28+,29-,30+;19-,22+,26-,27-,28+,29-;;;/m101.../s1. The van der Waals surface area contributed by atoms with Crippen LogP contribution in [0.1, 0.15) is 261 Å². The zero-order valence-corrected chi connectivity index (χ0v) is 84.7. The molecule has 0 spiro atoms. The average Bonchev–Trinajstić information content (AvgIpc) is 1.59. The monoisotopic (exact) mass is 1970 g/mol. The number of nitrogens with zero attached hydrogens (tertiary/aromatic N) is 9.